The molecule has 2 aromatic rings. The van der Waals surface area contributed by atoms with Crippen LogP contribution < -0.4 is 10.7 Å². The Kier molecular flexibility index (Phi) is 5.15. The Labute approximate surface area is 176 Å². The molecule has 1 aliphatic carbocycles. The summed E-state index contributed by atoms with van der Waals surface area (Å²) in [6.45, 7) is 0.989. The van der Waals surface area contributed by atoms with Crippen LogP contribution in [0.4, 0.5) is 4.79 Å². The van der Waals surface area contributed by atoms with Crippen LogP contribution in [0.3, 0.4) is 0 Å². The number of amides is 4. The molecule has 0 radical (unpaired) electrons. The van der Waals surface area contributed by atoms with Crippen LogP contribution in [0.5, 0.6) is 0 Å². The average molecular weight is 434 g/mol. The summed E-state index contributed by atoms with van der Waals surface area (Å²) in [5.74, 6) is -2.22. The number of nitrogens with one attached hydrogen (secondary N) is 2. The number of esters is 1. The third-order valence-electron chi connectivity index (χ3n) is 5.54. The summed E-state index contributed by atoms with van der Waals surface area (Å²) in [6.07, 6.45) is 3.72. The minimum atomic E-state index is -0.954. The number of halogens is 1. The SMILES string of the molecule is Cc1c(C(=O)OCC(=O)NN2C(=O)NC3(CCCCC3)C2=O)oc2c(Cl)cccc12. The summed E-state index contributed by atoms with van der Waals surface area (Å²) in [5, 5.41) is 4.35. The van der Waals surface area contributed by atoms with E-state index >= 15 is 0 Å². The van der Waals surface area contributed by atoms with Crippen molar-refractivity contribution in [2.75, 3.05) is 6.61 Å². The van der Waals surface area contributed by atoms with Crippen molar-refractivity contribution in [3.05, 3.63) is 34.5 Å². The molecule has 0 atom stereocenters. The maximum atomic E-state index is 12.7. The summed E-state index contributed by atoms with van der Waals surface area (Å²) in [4.78, 5) is 49.4. The second-order valence-corrected chi connectivity index (χ2v) is 7.90. The number of benzene rings is 1. The first kappa shape index (κ1) is 20.2. The highest BCUT2D eigenvalue weighted by Crippen LogP contribution is 2.33. The van der Waals surface area contributed by atoms with Crippen LogP contribution in [0.25, 0.3) is 11.0 Å². The van der Waals surface area contributed by atoms with Crippen LogP contribution in [0.2, 0.25) is 5.02 Å². The molecule has 1 saturated carbocycles. The van der Waals surface area contributed by atoms with Gasteiger partial charge < -0.3 is 14.5 Å². The second kappa shape index (κ2) is 7.64. The van der Waals surface area contributed by atoms with E-state index in [0.29, 0.717) is 39.4 Å². The molecule has 2 heterocycles. The molecule has 1 aromatic heterocycles. The average Bonchev–Trinajstić information content (AvgIpc) is 3.18. The number of urea groups is 1. The predicted octanol–water partition coefficient (Wildman–Crippen LogP) is 2.84. The number of rotatable bonds is 4. The number of hydrogen-bond donors (Lipinski definition) is 2. The van der Waals surface area contributed by atoms with E-state index in [1.165, 1.54) is 0 Å². The van der Waals surface area contributed by atoms with Gasteiger partial charge in [0.25, 0.3) is 11.8 Å². The topological polar surface area (TPSA) is 118 Å². The first-order valence-corrected chi connectivity index (χ1v) is 10.0. The van der Waals surface area contributed by atoms with E-state index in [1.54, 1.807) is 25.1 Å². The number of fused-ring (bicyclic) bond motifs is 1. The zero-order valence-corrected chi connectivity index (χ0v) is 17.0. The fourth-order valence-corrected chi connectivity index (χ4v) is 4.19. The number of hydrazine groups is 1. The molecule has 1 spiro atoms. The fraction of sp³-hybridized carbons (Fsp3) is 0.400. The van der Waals surface area contributed by atoms with Gasteiger partial charge in [-0.25, -0.2) is 9.59 Å². The van der Waals surface area contributed by atoms with Gasteiger partial charge in [0.05, 0.1) is 5.02 Å². The van der Waals surface area contributed by atoms with Crippen molar-refractivity contribution in [2.45, 2.75) is 44.6 Å². The number of hydrogen-bond acceptors (Lipinski definition) is 6. The van der Waals surface area contributed by atoms with Crippen LogP contribution in [-0.2, 0) is 14.3 Å². The van der Waals surface area contributed by atoms with E-state index in [9.17, 15) is 19.2 Å². The van der Waals surface area contributed by atoms with Gasteiger partial charge in [-0.3, -0.25) is 15.0 Å². The van der Waals surface area contributed by atoms with Gasteiger partial charge in [0.2, 0.25) is 5.76 Å². The normalized spacial score (nSPS) is 18.0. The molecular weight excluding hydrogens is 414 g/mol. The molecule has 4 rings (SSSR count). The largest absolute Gasteiger partial charge is 0.450 e. The monoisotopic (exact) mass is 433 g/mol. The van der Waals surface area contributed by atoms with Gasteiger partial charge in [0, 0.05) is 10.9 Å². The van der Waals surface area contributed by atoms with Crippen molar-refractivity contribution < 1.29 is 28.3 Å². The molecule has 0 bridgehead atoms. The second-order valence-electron chi connectivity index (χ2n) is 7.50. The number of aryl methyl sites for hydroxylation is 1. The van der Waals surface area contributed by atoms with Crippen molar-refractivity contribution >= 4 is 46.4 Å². The smallest absolute Gasteiger partial charge is 0.375 e. The lowest BCUT2D eigenvalue weighted by molar-refractivity contribution is -0.140. The van der Waals surface area contributed by atoms with E-state index in [2.05, 4.69) is 10.7 Å². The molecule has 158 valence electrons. The lowest BCUT2D eigenvalue weighted by Gasteiger charge is -2.30. The zero-order valence-electron chi connectivity index (χ0n) is 16.2. The number of furan rings is 1. The van der Waals surface area contributed by atoms with Crippen LogP contribution >= 0.6 is 11.6 Å². The third-order valence-corrected chi connectivity index (χ3v) is 5.84. The lowest BCUT2D eigenvalue weighted by Crippen LogP contribution is -2.51. The minimum absolute atomic E-state index is 0.0675. The number of para-hydroxylation sites is 1. The van der Waals surface area contributed by atoms with Crippen LogP contribution in [-0.4, -0.2) is 41.0 Å². The zero-order chi connectivity index (χ0) is 21.5. The molecule has 2 N–H and O–H groups in total. The van der Waals surface area contributed by atoms with Gasteiger partial charge in [-0.1, -0.05) is 43.0 Å². The fourth-order valence-electron chi connectivity index (χ4n) is 3.97. The molecule has 2 fully saturated rings. The van der Waals surface area contributed by atoms with E-state index < -0.39 is 36.0 Å². The maximum Gasteiger partial charge on any atom is 0.375 e. The Hall–Kier alpha value is -3.07. The summed E-state index contributed by atoms with van der Waals surface area (Å²) in [7, 11) is 0. The van der Waals surface area contributed by atoms with Crippen molar-refractivity contribution in [3.8, 4) is 0 Å². The summed E-state index contributed by atoms with van der Waals surface area (Å²) < 4.78 is 10.5. The molecule has 9 nitrogen and oxygen atoms in total. The molecule has 1 saturated heterocycles. The van der Waals surface area contributed by atoms with Crippen molar-refractivity contribution in [1.29, 1.82) is 0 Å². The van der Waals surface area contributed by atoms with Crippen molar-refractivity contribution in [1.82, 2.24) is 15.8 Å². The molecule has 0 unspecified atom stereocenters. The van der Waals surface area contributed by atoms with Crippen LogP contribution in [0.1, 0.15) is 48.2 Å². The highest BCUT2D eigenvalue weighted by molar-refractivity contribution is 6.35. The van der Waals surface area contributed by atoms with Gasteiger partial charge in [-0.05, 0) is 25.8 Å². The molecule has 30 heavy (non-hydrogen) atoms. The number of imide groups is 1. The Bertz CT molecular complexity index is 1060. The van der Waals surface area contributed by atoms with Gasteiger partial charge in [-0.15, -0.1) is 0 Å². The first-order chi connectivity index (χ1) is 14.3. The highest BCUT2D eigenvalue weighted by Gasteiger charge is 2.52. The van der Waals surface area contributed by atoms with E-state index in [4.69, 9.17) is 20.8 Å². The number of nitrogens with zero attached hydrogens (tertiary/aromatic N) is 1. The Morgan fingerprint density at radius 2 is 2.00 bits per heavy atom. The number of carbonyl (C=O) groups is 4. The number of carbonyl (C=O) groups excluding carboxylic acids is 4. The van der Waals surface area contributed by atoms with E-state index in [0.717, 1.165) is 19.3 Å². The van der Waals surface area contributed by atoms with Crippen molar-refractivity contribution in [2.24, 2.45) is 0 Å². The van der Waals surface area contributed by atoms with Crippen LogP contribution in [0, 0.1) is 6.92 Å². The van der Waals surface area contributed by atoms with Crippen LogP contribution in [0.15, 0.2) is 22.6 Å². The number of ether oxygens (including phenoxy) is 1. The van der Waals surface area contributed by atoms with Gasteiger partial charge >= 0.3 is 12.0 Å². The molecule has 1 aliphatic heterocycles. The minimum Gasteiger partial charge on any atom is -0.450 e. The molecule has 4 amide bonds. The van der Waals surface area contributed by atoms with E-state index in [-0.39, 0.29) is 5.76 Å². The first-order valence-electron chi connectivity index (χ1n) is 9.63. The Balaban J connectivity index is 1.39. The standard InChI is InChI=1S/C20H20ClN3O6/c1-11-12-6-5-7-13(21)16(12)30-15(11)17(26)29-10-14(25)23-24-18(27)20(22-19(24)28)8-3-2-4-9-20/h5-7H,2-4,8-10H2,1H3,(H,22,28)(H,23,25). The maximum absolute atomic E-state index is 12.7. The van der Waals surface area contributed by atoms with Gasteiger partial charge in [0.1, 0.15) is 5.54 Å². The van der Waals surface area contributed by atoms with Crippen molar-refractivity contribution in [3.63, 3.8) is 0 Å². The summed E-state index contributed by atoms with van der Waals surface area (Å²) >= 11 is 6.07. The molecule has 1 aromatic carbocycles. The van der Waals surface area contributed by atoms with E-state index in [1.807, 2.05) is 0 Å². The Morgan fingerprint density at radius 3 is 2.70 bits per heavy atom. The summed E-state index contributed by atoms with van der Waals surface area (Å²) in [6, 6.07) is 4.42. The summed E-state index contributed by atoms with van der Waals surface area (Å²) in [5.41, 5.74) is 2.14. The quantitative estimate of drug-likeness (QED) is 0.565. The predicted molar refractivity (Wildman–Crippen MR) is 106 cm³/mol. The molecule has 10 heteroatoms. The van der Waals surface area contributed by atoms with Gasteiger partial charge in [-0.2, -0.15) is 5.01 Å². The molecular formula is C20H20ClN3O6. The lowest BCUT2D eigenvalue weighted by atomic mass is 9.82. The van der Waals surface area contributed by atoms with Gasteiger partial charge in [0.15, 0.2) is 12.2 Å². The Morgan fingerprint density at radius 1 is 1.27 bits per heavy atom. The highest BCUT2D eigenvalue weighted by atomic mass is 35.5. The molecule has 2 aliphatic rings. The third kappa shape index (κ3) is 3.39.